The quantitative estimate of drug-likeness (QED) is 0.484. The maximum absolute atomic E-state index is 12.3. The van der Waals surface area contributed by atoms with E-state index in [0.29, 0.717) is 17.6 Å². The molecule has 1 amide bonds. The third kappa shape index (κ3) is 5.55. The molecule has 1 N–H and O–H groups in total. The predicted molar refractivity (Wildman–Crippen MR) is 131 cm³/mol. The summed E-state index contributed by atoms with van der Waals surface area (Å²) in [5.74, 6) is -0.869. The second kappa shape index (κ2) is 11.1. The normalized spacial score (nSPS) is 14.4. The number of hydrogen-bond donors (Lipinski definition) is 1. The van der Waals surface area contributed by atoms with E-state index in [1.165, 1.54) is 5.69 Å². The number of nitrogens with zero attached hydrogens (tertiary/aromatic N) is 4. The SMILES string of the molecule is CCNC(=O)COC(=O)c1ccc2c(c1)ncn2-c1cccc(N2CCN(CCOC)CC2)c1. The van der Waals surface area contributed by atoms with Gasteiger partial charge in [-0.25, -0.2) is 9.78 Å². The first-order chi connectivity index (χ1) is 16.6. The average molecular weight is 466 g/mol. The topological polar surface area (TPSA) is 88.9 Å². The molecule has 0 unspecified atom stereocenters. The minimum atomic E-state index is -0.547. The summed E-state index contributed by atoms with van der Waals surface area (Å²) in [6.07, 6.45) is 1.76. The zero-order valence-corrected chi connectivity index (χ0v) is 19.7. The molecule has 0 atom stereocenters. The van der Waals surface area contributed by atoms with Crippen LogP contribution in [0.4, 0.5) is 5.69 Å². The molecule has 1 fully saturated rings. The van der Waals surface area contributed by atoms with Crippen LogP contribution in [0, 0.1) is 0 Å². The number of amides is 1. The van der Waals surface area contributed by atoms with Crippen molar-refractivity contribution in [2.24, 2.45) is 0 Å². The van der Waals surface area contributed by atoms with Crippen molar-refractivity contribution in [1.29, 1.82) is 0 Å². The third-order valence-electron chi connectivity index (χ3n) is 5.95. The summed E-state index contributed by atoms with van der Waals surface area (Å²) >= 11 is 0. The molecule has 0 saturated carbocycles. The largest absolute Gasteiger partial charge is 0.452 e. The Morgan fingerprint density at radius 2 is 1.85 bits per heavy atom. The van der Waals surface area contributed by atoms with Crippen molar-refractivity contribution in [1.82, 2.24) is 19.8 Å². The summed E-state index contributed by atoms with van der Waals surface area (Å²) in [7, 11) is 1.74. The lowest BCUT2D eigenvalue weighted by atomic mass is 10.2. The van der Waals surface area contributed by atoms with E-state index in [0.717, 1.165) is 50.5 Å². The fraction of sp³-hybridized carbons (Fsp3) is 0.400. The van der Waals surface area contributed by atoms with E-state index in [-0.39, 0.29) is 12.5 Å². The molecular weight excluding hydrogens is 434 g/mol. The molecular formula is C25H31N5O4. The van der Waals surface area contributed by atoms with Gasteiger partial charge in [-0.05, 0) is 43.3 Å². The van der Waals surface area contributed by atoms with E-state index < -0.39 is 5.97 Å². The highest BCUT2D eigenvalue weighted by Crippen LogP contribution is 2.24. The van der Waals surface area contributed by atoms with E-state index in [1.54, 1.807) is 25.6 Å². The molecule has 2 aromatic carbocycles. The number of nitrogens with one attached hydrogen (secondary N) is 1. The van der Waals surface area contributed by atoms with Gasteiger partial charge in [-0.3, -0.25) is 14.3 Å². The number of carbonyl (C=O) groups is 2. The van der Waals surface area contributed by atoms with Crippen LogP contribution in [0.15, 0.2) is 48.8 Å². The van der Waals surface area contributed by atoms with Crippen LogP contribution in [-0.2, 0) is 14.3 Å². The Kier molecular flexibility index (Phi) is 7.76. The summed E-state index contributed by atoms with van der Waals surface area (Å²) in [5, 5.41) is 2.60. The van der Waals surface area contributed by atoms with Crippen LogP contribution >= 0.6 is 0 Å². The molecule has 4 rings (SSSR count). The molecule has 3 aromatic rings. The Morgan fingerprint density at radius 1 is 1.06 bits per heavy atom. The molecule has 0 bridgehead atoms. The molecule has 1 aromatic heterocycles. The lowest BCUT2D eigenvalue weighted by Crippen LogP contribution is -2.47. The van der Waals surface area contributed by atoms with Gasteiger partial charge in [-0.15, -0.1) is 0 Å². The van der Waals surface area contributed by atoms with Gasteiger partial charge in [0.1, 0.15) is 6.33 Å². The second-order valence-electron chi connectivity index (χ2n) is 8.19. The van der Waals surface area contributed by atoms with Crippen molar-refractivity contribution in [2.75, 3.05) is 64.5 Å². The van der Waals surface area contributed by atoms with Crippen LogP contribution in [0.1, 0.15) is 17.3 Å². The van der Waals surface area contributed by atoms with Crippen molar-refractivity contribution in [3.63, 3.8) is 0 Å². The van der Waals surface area contributed by atoms with E-state index in [9.17, 15) is 9.59 Å². The van der Waals surface area contributed by atoms with Crippen molar-refractivity contribution < 1.29 is 19.1 Å². The van der Waals surface area contributed by atoms with Crippen LogP contribution in [0.5, 0.6) is 0 Å². The van der Waals surface area contributed by atoms with Gasteiger partial charge in [-0.1, -0.05) is 6.07 Å². The maximum atomic E-state index is 12.3. The fourth-order valence-electron chi connectivity index (χ4n) is 4.10. The van der Waals surface area contributed by atoms with Gasteiger partial charge in [-0.2, -0.15) is 0 Å². The number of anilines is 1. The Hall–Kier alpha value is -3.43. The first kappa shape index (κ1) is 23.7. The third-order valence-corrected chi connectivity index (χ3v) is 5.95. The van der Waals surface area contributed by atoms with E-state index in [1.807, 2.05) is 23.6 Å². The number of piperazine rings is 1. The molecule has 0 spiro atoms. The Balaban J connectivity index is 1.46. The Bertz CT molecular complexity index is 1140. The van der Waals surface area contributed by atoms with Crippen LogP contribution in [0.2, 0.25) is 0 Å². The zero-order chi connectivity index (χ0) is 23.9. The van der Waals surface area contributed by atoms with Gasteiger partial charge in [0.25, 0.3) is 5.91 Å². The number of esters is 1. The monoisotopic (exact) mass is 465 g/mol. The summed E-state index contributed by atoms with van der Waals surface area (Å²) < 4.78 is 12.3. The van der Waals surface area contributed by atoms with Crippen molar-refractivity contribution in [3.8, 4) is 5.69 Å². The zero-order valence-electron chi connectivity index (χ0n) is 19.7. The number of benzene rings is 2. The second-order valence-corrected chi connectivity index (χ2v) is 8.19. The van der Waals surface area contributed by atoms with Crippen molar-refractivity contribution in [2.45, 2.75) is 6.92 Å². The molecule has 0 radical (unpaired) electrons. The van der Waals surface area contributed by atoms with Gasteiger partial charge in [0, 0.05) is 57.8 Å². The summed E-state index contributed by atoms with van der Waals surface area (Å²) in [4.78, 5) is 33.2. The van der Waals surface area contributed by atoms with Gasteiger partial charge in [0.15, 0.2) is 6.61 Å². The first-order valence-electron chi connectivity index (χ1n) is 11.6. The molecule has 1 aliphatic rings. The van der Waals surface area contributed by atoms with Gasteiger partial charge in [0.05, 0.1) is 23.2 Å². The average Bonchev–Trinajstić information content (AvgIpc) is 3.30. The molecule has 2 heterocycles. The number of ether oxygens (including phenoxy) is 2. The number of aromatic nitrogens is 2. The lowest BCUT2D eigenvalue weighted by molar-refractivity contribution is -0.124. The Morgan fingerprint density at radius 3 is 2.62 bits per heavy atom. The number of rotatable bonds is 9. The van der Waals surface area contributed by atoms with Crippen LogP contribution in [-0.4, -0.2) is 85.9 Å². The molecule has 1 saturated heterocycles. The highest BCUT2D eigenvalue weighted by molar-refractivity contribution is 5.95. The van der Waals surface area contributed by atoms with Crippen LogP contribution < -0.4 is 10.2 Å². The van der Waals surface area contributed by atoms with Gasteiger partial charge in [0.2, 0.25) is 0 Å². The van der Waals surface area contributed by atoms with E-state index in [4.69, 9.17) is 9.47 Å². The molecule has 0 aliphatic carbocycles. The predicted octanol–water partition coefficient (Wildman–Crippen LogP) is 2.09. The minimum absolute atomic E-state index is 0.299. The number of hydrogen-bond acceptors (Lipinski definition) is 7. The molecule has 9 heteroatoms. The molecule has 9 nitrogen and oxygen atoms in total. The minimum Gasteiger partial charge on any atom is -0.452 e. The number of likely N-dealkylation sites (N-methyl/N-ethyl adjacent to an activating group) is 1. The Labute approximate surface area is 199 Å². The first-order valence-corrected chi connectivity index (χ1v) is 11.6. The molecule has 34 heavy (non-hydrogen) atoms. The van der Waals surface area contributed by atoms with E-state index in [2.05, 4.69) is 38.3 Å². The maximum Gasteiger partial charge on any atom is 0.338 e. The van der Waals surface area contributed by atoms with Crippen molar-refractivity contribution >= 4 is 28.6 Å². The number of carbonyl (C=O) groups excluding carboxylic acids is 2. The van der Waals surface area contributed by atoms with Gasteiger partial charge < -0.3 is 19.7 Å². The highest BCUT2D eigenvalue weighted by atomic mass is 16.5. The van der Waals surface area contributed by atoms with Crippen LogP contribution in [0.3, 0.4) is 0 Å². The summed E-state index contributed by atoms with van der Waals surface area (Å²) in [6.45, 7) is 7.70. The number of imidazole rings is 1. The van der Waals surface area contributed by atoms with Gasteiger partial charge >= 0.3 is 5.97 Å². The smallest absolute Gasteiger partial charge is 0.338 e. The number of fused-ring (bicyclic) bond motifs is 1. The summed E-state index contributed by atoms with van der Waals surface area (Å²) in [5.41, 5.74) is 4.12. The van der Waals surface area contributed by atoms with E-state index >= 15 is 0 Å². The number of methoxy groups -OCH3 is 1. The molecule has 180 valence electrons. The highest BCUT2D eigenvalue weighted by Gasteiger charge is 2.18. The lowest BCUT2D eigenvalue weighted by Gasteiger charge is -2.36. The van der Waals surface area contributed by atoms with Crippen LogP contribution in [0.25, 0.3) is 16.7 Å². The fourth-order valence-corrected chi connectivity index (χ4v) is 4.10. The van der Waals surface area contributed by atoms with Crippen molar-refractivity contribution in [3.05, 3.63) is 54.4 Å². The summed E-state index contributed by atoms with van der Waals surface area (Å²) in [6, 6.07) is 13.6. The molecule has 1 aliphatic heterocycles. The standard InChI is InChI=1S/C25H31N5O4/c1-3-26-24(31)17-34-25(32)19-7-8-23-22(15-19)27-18-30(23)21-6-4-5-20(16-21)29-11-9-28(10-12-29)13-14-33-2/h4-8,15-16,18H,3,9-14,17H2,1-2H3,(H,26,31).